The predicted molar refractivity (Wildman–Crippen MR) is 108 cm³/mol. The molecule has 0 amide bonds. The van der Waals surface area contributed by atoms with Crippen LogP contribution in [0.2, 0.25) is 10.0 Å². The molecule has 0 saturated carbocycles. The average Bonchev–Trinajstić information content (AvgIpc) is 3.05. The van der Waals surface area contributed by atoms with E-state index in [0.29, 0.717) is 16.6 Å². The number of aromatic nitrogens is 3. The highest BCUT2D eigenvalue weighted by molar-refractivity contribution is 6.42. The number of anilines is 1. The van der Waals surface area contributed by atoms with Crippen molar-refractivity contribution >= 4 is 34.7 Å². The Balaban J connectivity index is 1.54. The van der Waals surface area contributed by atoms with E-state index in [1.165, 1.54) is 0 Å². The van der Waals surface area contributed by atoms with Gasteiger partial charge >= 0.3 is 0 Å². The minimum Gasteiger partial charge on any atom is -0.379 e. The first-order valence-electron chi connectivity index (χ1n) is 8.92. The van der Waals surface area contributed by atoms with Crippen LogP contribution >= 0.6 is 23.2 Å². The first-order chi connectivity index (χ1) is 13.1. The Morgan fingerprint density at radius 2 is 1.96 bits per heavy atom. The van der Waals surface area contributed by atoms with Gasteiger partial charge < -0.3 is 10.1 Å². The van der Waals surface area contributed by atoms with Gasteiger partial charge in [-0.25, -0.2) is 9.50 Å². The number of imidazole rings is 1. The van der Waals surface area contributed by atoms with Crippen LogP contribution in [-0.2, 0) is 17.8 Å². The third kappa shape index (κ3) is 4.19. The van der Waals surface area contributed by atoms with E-state index < -0.39 is 0 Å². The van der Waals surface area contributed by atoms with Gasteiger partial charge in [-0.05, 0) is 36.2 Å². The molecule has 1 aromatic carbocycles. The van der Waals surface area contributed by atoms with E-state index in [2.05, 4.69) is 15.2 Å². The fourth-order valence-corrected chi connectivity index (χ4v) is 3.48. The second-order valence-electron chi connectivity index (χ2n) is 6.69. The van der Waals surface area contributed by atoms with Crippen LogP contribution in [0.25, 0.3) is 5.65 Å². The Morgan fingerprint density at radius 3 is 2.74 bits per heavy atom. The summed E-state index contributed by atoms with van der Waals surface area (Å²) in [4.78, 5) is 6.87. The maximum Gasteiger partial charge on any atom is 0.154 e. The molecule has 6 nitrogen and oxygen atoms in total. The summed E-state index contributed by atoms with van der Waals surface area (Å²) < 4.78 is 7.34. The number of halogens is 2. The highest BCUT2D eigenvalue weighted by atomic mass is 35.5. The zero-order chi connectivity index (χ0) is 18.8. The minimum absolute atomic E-state index is 0.554. The van der Waals surface area contributed by atoms with Crippen molar-refractivity contribution in [3.05, 3.63) is 57.3 Å². The molecule has 0 bridgehead atoms. The maximum atomic E-state index is 6.10. The van der Waals surface area contributed by atoms with Crippen molar-refractivity contribution in [3.8, 4) is 0 Å². The molecule has 1 aliphatic heterocycles. The predicted octanol–water partition coefficient (Wildman–Crippen LogP) is 3.79. The van der Waals surface area contributed by atoms with Crippen LogP contribution in [0.3, 0.4) is 0 Å². The summed E-state index contributed by atoms with van der Waals surface area (Å²) in [6.07, 6.45) is 1.90. The van der Waals surface area contributed by atoms with Crippen molar-refractivity contribution in [1.82, 2.24) is 19.5 Å². The number of nitrogens with zero attached hydrogens (tertiary/aromatic N) is 4. The molecule has 8 heteroatoms. The van der Waals surface area contributed by atoms with Crippen molar-refractivity contribution in [2.24, 2.45) is 0 Å². The molecule has 0 aliphatic carbocycles. The van der Waals surface area contributed by atoms with Crippen LogP contribution in [0.15, 0.2) is 30.5 Å². The lowest BCUT2D eigenvalue weighted by atomic mass is 10.2. The molecule has 0 unspecified atom stereocenters. The quantitative estimate of drug-likeness (QED) is 0.699. The van der Waals surface area contributed by atoms with Crippen molar-refractivity contribution < 1.29 is 4.74 Å². The Bertz CT molecular complexity index is 953. The lowest BCUT2D eigenvalue weighted by Gasteiger charge is -2.26. The Morgan fingerprint density at radius 1 is 1.15 bits per heavy atom. The van der Waals surface area contributed by atoms with Gasteiger partial charge in [0.05, 0.1) is 35.1 Å². The molecular weight excluding hydrogens is 385 g/mol. The van der Waals surface area contributed by atoms with Gasteiger partial charge in [0.1, 0.15) is 5.82 Å². The molecule has 3 aromatic rings. The summed E-state index contributed by atoms with van der Waals surface area (Å²) in [5.74, 6) is 0.829. The van der Waals surface area contributed by atoms with E-state index in [0.717, 1.165) is 61.1 Å². The Hall–Kier alpha value is -1.86. The maximum absolute atomic E-state index is 6.10. The number of hydrogen-bond donors (Lipinski definition) is 1. The Labute approximate surface area is 168 Å². The van der Waals surface area contributed by atoms with Gasteiger partial charge in [-0.1, -0.05) is 29.3 Å². The molecule has 0 atom stereocenters. The topological polar surface area (TPSA) is 54.7 Å². The fourth-order valence-electron chi connectivity index (χ4n) is 3.16. The number of ether oxygens (including phenoxy) is 1. The van der Waals surface area contributed by atoms with Gasteiger partial charge in [0.2, 0.25) is 0 Å². The second kappa shape index (κ2) is 8.02. The lowest BCUT2D eigenvalue weighted by Crippen LogP contribution is -2.36. The molecule has 0 radical (unpaired) electrons. The van der Waals surface area contributed by atoms with E-state index in [1.54, 1.807) is 6.07 Å². The number of rotatable bonds is 5. The highest BCUT2D eigenvalue weighted by Gasteiger charge is 2.15. The summed E-state index contributed by atoms with van der Waals surface area (Å²) in [7, 11) is 0. The smallest absolute Gasteiger partial charge is 0.154 e. The van der Waals surface area contributed by atoms with Crippen LogP contribution in [0.1, 0.15) is 16.8 Å². The standard InChI is InChI=1S/C19H21Cl2N5O/c1-13-8-18-22-11-15(12-25-4-6-27-7-5-25)26(18)24-19(13)23-10-14-2-3-16(20)17(21)9-14/h2-3,8-9,11H,4-7,10,12H2,1H3,(H,23,24). The molecular formula is C19H21Cl2N5O. The molecule has 2 aromatic heterocycles. The zero-order valence-corrected chi connectivity index (χ0v) is 16.6. The number of fused-ring (bicyclic) bond motifs is 1. The Kier molecular flexibility index (Phi) is 5.50. The highest BCUT2D eigenvalue weighted by Crippen LogP contribution is 2.23. The molecule has 1 aliphatic rings. The van der Waals surface area contributed by atoms with Crippen LogP contribution in [0, 0.1) is 6.92 Å². The van der Waals surface area contributed by atoms with E-state index in [-0.39, 0.29) is 0 Å². The monoisotopic (exact) mass is 405 g/mol. The van der Waals surface area contributed by atoms with Gasteiger partial charge in [0.15, 0.2) is 5.65 Å². The van der Waals surface area contributed by atoms with Crippen molar-refractivity contribution in [1.29, 1.82) is 0 Å². The summed E-state index contributed by atoms with van der Waals surface area (Å²) in [5.41, 5.74) is 4.02. The van der Waals surface area contributed by atoms with Crippen molar-refractivity contribution in [3.63, 3.8) is 0 Å². The van der Waals surface area contributed by atoms with Gasteiger partial charge in [0, 0.05) is 26.2 Å². The zero-order valence-electron chi connectivity index (χ0n) is 15.1. The molecule has 1 N–H and O–H groups in total. The largest absolute Gasteiger partial charge is 0.379 e. The van der Waals surface area contributed by atoms with Gasteiger partial charge in [-0.15, -0.1) is 5.10 Å². The summed E-state index contributed by atoms with van der Waals surface area (Å²) in [6.45, 7) is 6.87. The molecule has 27 heavy (non-hydrogen) atoms. The normalized spacial score (nSPS) is 15.4. The molecule has 1 fully saturated rings. The first-order valence-corrected chi connectivity index (χ1v) is 9.68. The number of hydrogen-bond acceptors (Lipinski definition) is 5. The number of nitrogens with one attached hydrogen (secondary N) is 1. The summed E-state index contributed by atoms with van der Waals surface area (Å²) in [5, 5.41) is 9.29. The van der Waals surface area contributed by atoms with E-state index >= 15 is 0 Å². The summed E-state index contributed by atoms with van der Waals surface area (Å²) >= 11 is 12.1. The van der Waals surface area contributed by atoms with Crippen LogP contribution < -0.4 is 5.32 Å². The van der Waals surface area contributed by atoms with Gasteiger partial charge in [-0.2, -0.15) is 0 Å². The molecule has 4 rings (SSSR count). The van der Waals surface area contributed by atoms with Crippen molar-refractivity contribution in [2.75, 3.05) is 31.6 Å². The summed E-state index contributed by atoms with van der Waals surface area (Å²) in [6, 6.07) is 7.68. The number of aryl methyl sites for hydroxylation is 1. The fraction of sp³-hybridized carbons (Fsp3) is 0.368. The second-order valence-corrected chi connectivity index (χ2v) is 7.50. The molecule has 0 spiro atoms. The van der Waals surface area contributed by atoms with E-state index in [4.69, 9.17) is 33.0 Å². The van der Waals surface area contributed by atoms with E-state index in [1.807, 2.05) is 35.8 Å². The van der Waals surface area contributed by atoms with Crippen LogP contribution in [0.5, 0.6) is 0 Å². The SMILES string of the molecule is Cc1cc2ncc(CN3CCOCC3)n2nc1NCc1ccc(Cl)c(Cl)c1. The van der Waals surface area contributed by atoms with Gasteiger partial charge in [-0.3, -0.25) is 4.90 Å². The van der Waals surface area contributed by atoms with Gasteiger partial charge in [0.25, 0.3) is 0 Å². The number of benzene rings is 1. The molecule has 3 heterocycles. The van der Waals surface area contributed by atoms with Crippen LogP contribution in [0.4, 0.5) is 5.82 Å². The van der Waals surface area contributed by atoms with E-state index in [9.17, 15) is 0 Å². The first kappa shape index (κ1) is 18.5. The van der Waals surface area contributed by atoms with Crippen molar-refractivity contribution in [2.45, 2.75) is 20.0 Å². The minimum atomic E-state index is 0.554. The third-order valence-corrected chi connectivity index (χ3v) is 5.43. The lowest BCUT2D eigenvalue weighted by molar-refractivity contribution is 0.0334. The van der Waals surface area contributed by atoms with Crippen LogP contribution in [-0.4, -0.2) is 45.8 Å². The molecule has 1 saturated heterocycles. The third-order valence-electron chi connectivity index (χ3n) is 4.69. The number of morpholine rings is 1. The average molecular weight is 406 g/mol. The molecule has 142 valence electrons.